The Labute approximate surface area is 194 Å². The van der Waals surface area contributed by atoms with Gasteiger partial charge in [-0.05, 0) is 19.1 Å². The van der Waals surface area contributed by atoms with Crippen molar-refractivity contribution in [1.82, 2.24) is 0 Å². The Morgan fingerprint density at radius 2 is 1.65 bits per heavy atom. The summed E-state index contributed by atoms with van der Waals surface area (Å²) in [5, 5.41) is 3.35. The molecule has 12 heteroatoms. The summed E-state index contributed by atoms with van der Waals surface area (Å²) in [4.78, 5) is 11.7. The summed E-state index contributed by atoms with van der Waals surface area (Å²) >= 11 is 5.39. The van der Waals surface area contributed by atoms with Gasteiger partial charge in [-0.15, -0.1) is 0 Å². The average Bonchev–Trinajstić information content (AvgIpc) is 2.42. The van der Waals surface area contributed by atoms with Crippen LogP contribution in [-0.2, 0) is 24.7 Å². The second kappa shape index (κ2) is 9.74. The van der Waals surface area contributed by atoms with Crippen LogP contribution in [0.1, 0.15) is 5.56 Å². The molecule has 0 radical (unpaired) electrons. The summed E-state index contributed by atoms with van der Waals surface area (Å²) in [6.07, 6.45) is 0. The van der Waals surface area contributed by atoms with Crippen LogP contribution in [0.25, 0.3) is 5.32 Å². The molecule has 7 nitrogen and oxygen atoms in total. The number of carbonyl (C=O) groups is 1. The molecule has 0 aliphatic carbocycles. The Balaban J connectivity index is 0.00000484. The molecule has 0 fully saturated rings. The number of amides is 1. The fourth-order valence-corrected chi connectivity index (χ4v) is 3.60. The van der Waals surface area contributed by atoms with E-state index in [1.165, 1.54) is 12.1 Å². The maximum Gasteiger partial charge on any atom is 1.00 e. The minimum absolute atomic E-state index is 0. The first-order chi connectivity index (χ1) is 9.96. The zero-order valence-corrected chi connectivity index (χ0v) is 20.1. The van der Waals surface area contributed by atoms with Gasteiger partial charge in [0, 0.05) is 0 Å². The molecule has 0 aromatic heterocycles. The first-order valence-electron chi connectivity index (χ1n) is 5.72. The van der Waals surface area contributed by atoms with Crippen LogP contribution in [0, 0.1) is 6.92 Å². The van der Waals surface area contributed by atoms with Crippen molar-refractivity contribution in [3.05, 3.63) is 35.1 Å². The molecule has 0 bridgehead atoms. The number of hydrogen-bond acceptors (Lipinski definition) is 5. The maximum atomic E-state index is 12.2. The standard InChI is InChI=1S/C11H13Br2NO6S2.K/c1-7-2-4-8(5-3-7)21(16,17)10(13)11(15)14-6-9(12)22(18,19)20;/h2-5,9-10H,6H2,1H3,(H2,14,15,18,19,20);/q;+1/p-1. The van der Waals surface area contributed by atoms with E-state index in [0.29, 0.717) is 0 Å². The SMILES string of the molecule is Cc1ccc(S(=O)(=O)C(Br)C(=O)[N-]CC(Br)S(=O)(=O)O)cc1.[K+]. The van der Waals surface area contributed by atoms with Gasteiger partial charge < -0.3 is 10.1 Å². The fraction of sp³-hybridized carbons (Fsp3) is 0.364. The molecular weight excluding hydrogens is 505 g/mol. The average molecular weight is 517 g/mol. The molecule has 0 aliphatic rings. The number of benzene rings is 1. The van der Waals surface area contributed by atoms with Gasteiger partial charge in [0.25, 0.3) is 10.1 Å². The topological polar surface area (TPSA) is 120 Å². The van der Waals surface area contributed by atoms with Crippen molar-refractivity contribution in [2.24, 2.45) is 0 Å². The number of nitrogens with zero attached hydrogens (tertiary/aromatic N) is 1. The summed E-state index contributed by atoms with van der Waals surface area (Å²) in [6, 6.07) is 5.89. The normalized spacial score (nSPS) is 14.4. The van der Waals surface area contributed by atoms with E-state index in [4.69, 9.17) is 4.55 Å². The van der Waals surface area contributed by atoms with Gasteiger partial charge in [-0.2, -0.15) is 8.42 Å². The van der Waals surface area contributed by atoms with Crippen molar-refractivity contribution in [2.45, 2.75) is 20.1 Å². The Kier molecular flexibility index (Phi) is 10.2. The van der Waals surface area contributed by atoms with Crippen molar-refractivity contribution in [3.63, 3.8) is 0 Å². The predicted molar refractivity (Wildman–Crippen MR) is 88.6 cm³/mol. The van der Waals surface area contributed by atoms with Gasteiger partial charge in [-0.1, -0.05) is 56.1 Å². The van der Waals surface area contributed by atoms with Crippen LogP contribution in [0.2, 0.25) is 0 Å². The largest absolute Gasteiger partial charge is 1.00 e. The minimum Gasteiger partial charge on any atom is -0.650 e. The number of rotatable bonds is 6. The van der Waals surface area contributed by atoms with Gasteiger partial charge in [-0.25, -0.2) is 8.42 Å². The van der Waals surface area contributed by atoms with E-state index in [0.717, 1.165) is 5.56 Å². The molecular formula is C11H12Br2KNO6S2. The molecule has 0 saturated heterocycles. The number of sulfone groups is 1. The number of hydrogen-bond donors (Lipinski definition) is 1. The van der Waals surface area contributed by atoms with Crippen molar-refractivity contribution in [2.75, 3.05) is 6.54 Å². The molecule has 1 N–H and O–H groups in total. The molecule has 0 saturated carbocycles. The zero-order chi connectivity index (χ0) is 17.1. The molecule has 1 rings (SSSR count). The summed E-state index contributed by atoms with van der Waals surface area (Å²) in [7, 11) is -8.40. The number of alkyl halides is 2. The Hall–Kier alpha value is 1.15. The Morgan fingerprint density at radius 3 is 2.09 bits per heavy atom. The van der Waals surface area contributed by atoms with Gasteiger partial charge in [0.15, 0.2) is 14.0 Å². The van der Waals surface area contributed by atoms with E-state index in [1.807, 2.05) is 0 Å². The number of carbonyl (C=O) groups excluding carboxylic acids is 1. The van der Waals surface area contributed by atoms with Crippen LogP contribution in [-0.4, -0.2) is 42.2 Å². The van der Waals surface area contributed by atoms with Crippen LogP contribution in [0.4, 0.5) is 0 Å². The second-order valence-corrected chi connectivity index (χ2v) is 11.1. The van der Waals surface area contributed by atoms with Gasteiger partial charge in [0.2, 0.25) is 0 Å². The predicted octanol–water partition coefficient (Wildman–Crippen LogP) is -0.997. The molecule has 2 unspecified atom stereocenters. The van der Waals surface area contributed by atoms with E-state index in [2.05, 4.69) is 37.2 Å². The monoisotopic (exact) mass is 515 g/mol. The van der Waals surface area contributed by atoms with Crippen molar-refractivity contribution in [1.29, 1.82) is 0 Å². The van der Waals surface area contributed by atoms with Crippen LogP contribution in [0.15, 0.2) is 29.2 Å². The number of aryl methyl sites for hydroxylation is 1. The van der Waals surface area contributed by atoms with E-state index in [9.17, 15) is 21.6 Å². The van der Waals surface area contributed by atoms with Crippen molar-refractivity contribution in [3.8, 4) is 0 Å². The molecule has 1 aromatic carbocycles. The van der Waals surface area contributed by atoms with Crippen molar-refractivity contribution < 1.29 is 77.6 Å². The quantitative estimate of drug-likeness (QED) is 0.294. The zero-order valence-electron chi connectivity index (χ0n) is 12.2. The maximum absolute atomic E-state index is 12.2. The summed E-state index contributed by atoms with van der Waals surface area (Å²) < 4.78 is 51.6. The fourth-order valence-electron chi connectivity index (χ4n) is 1.31. The molecule has 0 spiro atoms. The van der Waals surface area contributed by atoms with Crippen LogP contribution < -0.4 is 51.4 Å². The van der Waals surface area contributed by atoms with Crippen LogP contribution in [0.5, 0.6) is 0 Å². The summed E-state index contributed by atoms with van der Waals surface area (Å²) in [5.74, 6) is -1.06. The molecule has 1 amide bonds. The first kappa shape index (κ1) is 24.1. The Bertz CT molecular complexity index is 751. The molecule has 2 atom stereocenters. The summed E-state index contributed by atoms with van der Waals surface area (Å²) in [6.45, 7) is 1.18. The number of halogens is 2. The molecule has 1 aromatic rings. The third-order valence-corrected chi connectivity index (χ3v) is 8.58. The van der Waals surface area contributed by atoms with Gasteiger partial charge >= 0.3 is 51.4 Å². The third kappa shape index (κ3) is 7.11. The third-order valence-electron chi connectivity index (χ3n) is 2.53. The Morgan fingerprint density at radius 1 is 1.17 bits per heavy atom. The van der Waals surface area contributed by atoms with E-state index >= 15 is 0 Å². The van der Waals surface area contributed by atoms with E-state index in [-0.39, 0.29) is 56.3 Å². The van der Waals surface area contributed by atoms with Gasteiger partial charge in [0.1, 0.15) is 4.16 Å². The van der Waals surface area contributed by atoms with E-state index in [1.54, 1.807) is 19.1 Å². The minimum atomic E-state index is -4.41. The second-order valence-electron chi connectivity index (χ2n) is 4.28. The summed E-state index contributed by atoms with van der Waals surface area (Å²) in [5.41, 5.74) is 0.858. The van der Waals surface area contributed by atoms with Gasteiger partial charge in [0.05, 0.1) is 10.8 Å². The molecule has 23 heavy (non-hydrogen) atoms. The smallest absolute Gasteiger partial charge is 0.650 e. The van der Waals surface area contributed by atoms with Crippen molar-refractivity contribution >= 4 is 57.7 Å². The van der Waals surface area contributed by atoms with Crippen LogP contribution in [0.3, 0.4) is 0 Å². The van der Waals surface area contributed by atoms with Crippen LogP contribution >= 0.6 is 31.9 Å². The first-order valence-corrected chi connectivity index (χ1v) is 10.6. The van der Waals surface area contributed by atoms with Gasteiger partial charge in [-0.3, -0.25) is 4.55 Å². The molecule has 124 valence electrons. The molecule has 0 aliphatic heterocycles. The molecule has 0 heterocycles. The van der Waals surface area contributed by atoms with E-state index < -0.39 is 40.7 Å².